The fourth-order valence-corrected chi connectivity index (χ4v) is 5.91. The van der Waals surface area contributed by atoms with Crippen LogP contribution in [0.25, 0.3) is 0 Å². The number of rotatable bonds is 36. The second-order valence-corrected chi connectivity index (χ2v) is 13.2. The molecule has 0 atom stereocenters. The number of hydrogen-bond acceptors (Lipinski definition) is 10. The van der Waals surface area contributed by atoms with Crippen molar-refractivity contribution in [2.75, 3.05) is 39.6 Å². The predicted octanol–water partition coefficient (Wildman–Crippen LogP) is 9.09. The second kappa shape index (κ2) is 33.8. The zero-order valence-corrected chi connectivity index (χ0v) is 29.9. The highest BCUT2D eigenvalue weighted by Crippen LogP contribution is 2.58. The lowest BCUT2D eigenvalue weighted by atomic mass is 10.1. The third kappa shape index (κ3) is 32.2. The molecule has 0 radical (unpaired) electrons. The summed E-state index contributed by atoms with van der Waals surface area (Å²) >= 11 is 0. The van der Waals surface area contributed by atoms with E-state index >= 15 is 0 Å². The Morgan fingerprint density at radius 1 is 0.383 bits per heavy atom. The molecule has 47 heavy (non-hydrogen) atoms. The molecule has 10 nitrogen and oxygen atoms in total. The van der Waals surface area contributed by atoms with Crippen molar-refractivity contribution >= 4 is 26.1 Å². The Kier molecular flexibility index (Phi) is 32.3. The standard InChI is InChI=1S/C36H64O10P/c1-4-34(37)41-28-22-16-10-7-13-19-25-31-44-47(40,45-32-26-20-14-8-11-17-23-29-42-35(38)5-2)46-33-27-21-15-9-12-18-24-30-43-36(39)6-3/h4-6,40H,1-3,7-33H2/q+1. The Hall–Kier alpha value is -2.10. The predicted molar refractivity (Wildman–Crippen MR) is 187 cm³/mol. The molecule has 0 saturated heterocycles. The van der Waals surface area contributed by atoms with Crippen LogP contribution in [0.2, 0.25) is 0 Å². The van der Waals surface area contributed by atoms with E-state index in [1.807, 2.05) is 0 Å². The molecule has 272 valence electrons. The maximum atomic E-state index is 11.1. The first kappa shape index (κ1) is 44.9. The molecule has 0 spiro atoms. The zero-order chi connectivity index (χ0) is 34.7. The van der Waals surface area contributed by atoms with Crippen LogP contribution in [0.3, 0.4) is 0 Å². The molecule has 11 heteroatoms. The van der Waals surface area contributed by atoms with Gasteiger partial charge in [-0.2, -0.15) is 18.5 Å². The first-order valence-corrected chi connectivity index (χ1v) is 19.3. The molecule has 0 aromatic heterocycles. The monoisotopic (exact) mass is 687 g/mol. The van der Waals surface area contributed by atoms with E-state index in [1.54, 1.807) is 0 Å². The van der Waals surface area contributed by atoms with Crippen LogP contribution in [0, 0.1) is 0 Å². The maximum absolute atomic E-state index is 11.1. The minimum absolute atomic E-state index is 0.372. The fourth-order valence-electron chi connectivity index (χ4n) is 4.61. The lowest BCUT2D eigenvalue weighted by Gasteiger charge is -2.15. The Bertz CT molecular complexity index is 717. The van der Waals surface area contributed by atoms with Gasteiger partial charge < -0.3 is 14.2 Å². The van der Waals surface area contributed by atoms with Crippen LogP contribution < -0.4 is 0 Å². The first-order chi connectivity index (χ1) is 22.9. The highest BCUT2D eigenvalue weighted by Gasteiger charge is 2.44. The van der Waals surface area contributed by atoms with Gasteiger partial charge in [0.05, 0.1) is 19.8 Å². The Labute approximate surface area is 285 Å². The minimum atomic E-state index is -3.37. The van der Waals surface area contributed by atoms with E-state index in [2.05, 4.69) is 19.7 Å². The molecular weight excluding hydrogens is 623 g/mol. The van der Waals surface area contributed by atoms with E-state index in [0.29, 0.717) is 39.6 Å². The molecule has 0 amide bonds. The summed E-state index contributed by atoms with van der Waals surface area (Å²) in [6.45, 7) is 12.7. The number of carbonyl (C=O) groups excluding carboxylic acids is 3. The molecular formula is C36H64O10P+. The summed E-state index contributed by atoms with van der Waals surface area (Å²) in [5.41, 5.74) is 0. The Morgan fingerprint density at radius 3 is 0.787 bits per heavy atom. The third-order valence-electron chi connectivity index (χ3n) is 7.36. The summed E-state index contributed by atoms with van der Waals surface area (Å²) in [7, 11) is -3.37. The lowest BCUT2D eigenvalue weighted by molar-refractivity contribution is -0.138. The van der Waals surface area contributed by atoms with Crippen molar-refractivity contribution in [3.8, 4) is 0 Å². The van der Waals surface area contributed by atoms with E-state index in [4.69, 9.17) is 27.8 Å². The van der Waals surface area contributed by atoms with Gasteiger partial charge in [-0.25, -0.2) is 14.4 Å². The normalized spacial score (nSPS) is 11.2. The van der Waals surface area contributed by atoms with Crippen molar-refractivity contribution < 1.29 is 47.1 Å². The minimum Gasteiger partial charge on any atom is -0.463 e. The highest BCUT2D eigenvalue weighted by atomic mass is 31.2. The number of hydrogen-bond donors (Lipinski definition) is 1. The van der Waals surface area contributed by atoms with Gasteiger partial charge in [-0.05, 0) is 38.5 Å². The molecule has 0 aromatic carbocycles. The molecule has 0 bridgehead atoms. The number of esters is 3. The molecule has 0 heterocycles. The third-order valence-corrected chi connectivity index (χ3v) is 8.89. The summed E-state index contributed by atoms with van der Waals surface area (Å²) in [5, 5.41) is 0. The fraction of sp³-hybridized carbons (Fsp3) is 0.750. The topological polar surface area (TPSA) is 127 Å². The van der Waals surface area contributed by atoms with Gasteiger partial charge in [0.15, 0.2) is 0 Å². The van der Waals surface area contributed by atoms with Gasteiger partial charge in [0.1, 0.15) is 19.8 Å². The number of ether oxygens (including phenoxy) is 3. The smallest absolute Gasteiger partial charge is 0.463 e. The van der Waals surface area contributed by atoms with Gasteiger partial charge in [-0.15, -0.1) is 0 Å². The van der Waals surface area contributed by atoms with Crippen molar-refractivity contribution in [2.45, 2.75) is 135 Å². The average Bonchev–Trinajstić information content (AvgIpc) is 3.07. The van der Waals surface area contributed by atoms with Gasteiger partial charge in [-0.1, -0.05) is 116 Å². The van der Waals surface area contributed by atoms with Gasteiger partial charge in [0, 0.05) is 18.2 Å². The van der Waals surface area contributed by atoms with E-state index in [0.717, 1.165) is 135 Å². The van der Waals surface area contributed by atoms with Crippen LogP contribution in [0.15, 0.2) is 38.0 Å². The van der Waals surface area contributed by atoms with E-state index < -0.39 is 8.17 Å². The molecule has 0 aliphatic carbocycles. The van der Waals surface area contributed by atoms with Crippen LogP contribution in [0.5, 0.6) is 0 Å². The molecule has 0 aromatic rings. The van der Waals surface area contributed by atoms with Crippen LogP contribution in [0.1, 0.15) is 135 Å². The molecule has 0 aliphatic rings. The SMILES string of the molecule is C=CC(=O)OCCCCCCCCCO[P+](O)(OCCCCCCCCCOC(=O)C=C)OCCCCCCCCCOC(=O)C=C. The van der Waals surface area contributed by atoms with E-state index in [-0.39, 0.29) is 17.9 Å². The van der Waals surface area contributed by atoms with Gasteiger partial charge >= 0.3 is 26.1 Å². The summed E-state index contributed by atoms with van der Waals surface area (Å²) in [6, 6.07) is 0. The summed E-state index contributed by atoms with van der Waals surface area (Å²) in [4.78, 5) is 44.2. The van der Waals surface area contributed by atoms with Gasteiger partial charge in [0.2, 0.25) is 0 Å². The van der Waals surface area contributed by atoms with Crippen molar-refractivity contribution in [3.63, 3.8) is 0 Å². The first-order valence-electron chi connectivity index (χ1n) is 17.8. The quantitative estimate of drug-likeness (QED) is 0.0224. The van der Waals surface area contributed by atoms with Crippen LogP contribution in [0.4, 0.5) is 0 Å². The Morgan fingerprint density at radius 2 is 0.574 bits per heavy atom. The van der Waals surface area contributed by atoms with Crippen molar-refractivity contribution in [2.24, 2.45) is 0 Å². The molecule has 0 saturated carbocycles. The molecule has 0 unspecified atom stereocenters. The van der Waals surface area contributed by atoms with E-state index in [1.165, 1.54) is 18.2 Å². The molecule has 0 aliphatic heterocycles. The zero-order valence-electron chi connectivity index (χ0n) is 29.0. The molecule has 1 N–H and O–H groups in total. The van der Waals surface area contributed by atoms with Crippen LogP contribution >= 0.6 is 8.17 Å². The number of unbranched alkanes of at least 4 members (excludes halogenated alkanes) is 18. The number of carbonyl (C=O) groups is 3. The average molecular weight is 688 g/mol. The second-order valence-electron chi connectivity index (χ2n) is 11.5. The maximum Gasteiger partial charge on any atom is 0.572 e. The molecule has 0 rings (SSSR count). The largest absolute Gasteiger partial charge is 0.572 e. The van der Waals surface area contributed by atoms with Gasteiger partial charge in [-0.3, -0.25) is 0 Å². The van der Waals surface area contributed by atoms with Gasteiger partial charge in [0.25, 0.3) is 0 Å². The Balaban J connectivity index is 4.17. The highest BCUT2D eigenvalue weighted by molar-refractivity contribution is 7.55. The summed E-state index contributed by atoms with van der Waals surface area (Å²) in [5.74, 6) is -1.11. The van der Waals surface area contributed by atoms with Crippen LogP contribution in [-0.4, -0.2) is 62.4 Å². The van der Waals surface area contributed by atoms with E-state index in [9.17, 15) is 19.3 Å². The lowest BCUT2D eigenvalue weighted by Crippen LogP contribution is -2.10. The van der Waals surface area contributed by atoms with Crippen LogP contribution in [-0.2, 0) is 42.2 Å². The van der Waals surface area contributed by atoms with Crippen molar-refractivity contribution in [3.05, 3.63) is 38.0 Å². The van der Waals surface area contributed by atoms with Crippen molar-refractivity contribution in [1.82, 2.24) is 0 Å². The summed E-state index contributed by atoms with van der Waals surface area (Å²) in [6.07, 6.45) is 24.5. The molecule has 0 fully saturated rings. The van der Waals surface area contributed by atoms with Crippen molar-refractivity contribution in [1.29, 1.82) is 0 Å². The summed E-state index contributed by atoms with van der Waals surface area (Å²) < 4.78 is 32.4.